The SMILES string of the molecule is CCc1ccccc1-c1nc(-c2ccccc2)c(-c2ccc(S(N)(=O)=O)cc2)o1. The van der Waals surface area contributed by atoms with Crippen molar-refractivity contribution in [3.8, 4) is 34.0 Å². The summed E-state index contributed by atoms with van der Waals surface area (Å²) in [6.07, 6.45) is 0.859. The highest BCUT2D eigenvalue weighted by molar-refractivity contribution is 7.89. The molecule has 2 N–H and O–H groups in total. The Hall–Kier alpha value is -3.22. The van der Waals surface area contributed by atoms with Gasteiger partial charge in [0.2, 0.25) is 15.9 Å². The Bertz CT molecular complexity index is 1250. The second kappa shape index (κ2) is 7.66. The van der Waals surface area contributed by atoms with Gasteiger partial charge < -0.3 is 4.42 Å². The summed E-state index contributed by atoms with van der Waals surface area (Å²) in [6, 6.07) is 24.1. The van der Waals surface area contributed by atoms with Gasteiger partial charge in [-0.2, -0.15) is 0 Å². The van der Waals surface area contributed by atoms with E-state index in [0.29, 0.717) is 17.3 Å². The van der Waals surface area contributed by atoms with Crippen LogP contribution in [-0.4, -0.2) is 13.4 Å². The molecule has 0 bridgehead atoms. The maximum atomic E-state index is 11.6. The summed E-state index contributed by atoms with van der Waals surface area (Å²) in [4.78, 5) is 4.85. The van der Waals surface area contributed by atoms with Gasteiger partial charge in [0.05, 0.1) is 4.90 Å². The molecule has 0 aliphatic rings. The molecule has 0 fully saturated rings. The Morgan fingerprint density at radius 3 is 2.17 bits per heavy atom. The fourth-order valence-electron chi connectivity index (χ4n) is 3.26. The van der Waals surface area contributed by atoms with Crippen LogP contribution < -0.4 is 5.14 Å². The van der Waals surface area contributed by atoms with Crippen LogP contribution in [0.25, 0.3) is 34.0 Å². The summed E-state index contributed by atoms with van der Waals surface area (Å²) in [5.74, 6) is 1.12. The van der Waals surface area contributed by atoms with E-state index in [4.69, 9.17) is 14.5 Å². The first-order valence-corrected chi connectivity index (χ1v) is 10.8. The van der Waals surface area contributed by atoms with Crippen molar-refractivity contribution in [2.45, 2.75) is 18.2 Å². The van der Waals surface area contributed by atoms with Gasteiger partial charge in [-0.1, -0.05) is 55.5 Å². The minimum Gasteiger partial charge on any atom is -0.435 e. The topological polar surface area (TPSA) is 86.2 Å². The Balaban J connectivity index is 1.89. The van der Waals surface area contributed by atoms with Gasteiger partial charge in [0.15, 0.2) is 5.76 Å². The van der Waals surface area contributed by atoms with Crippen LogP contribution in [0.5, 0.6) is 0 Å². The van der Waals surface area contributed by atoms with Crippen LogP contribution in [0.1, 0.15) is 12.5 Å². The molecule has 4 rings (SSSR count). The summed E-state index contributed by atoms with van der Waals surface area (Å²) in [6.45, 7) is 2.09. The molecule has 0 atom stereocenters. The monoisotopic (exact) mass is 404 g/mol. The lowest BCUT2D eigenvalue weighted by atomic mass is 10.1. The largest absolute Gasteiger partial charge is 0.435 e. The number of aromatic nitrogens is 1. The summed E-state index contributed by atoms with van der Waals surface area (Å²) in [5, 5.41) is 5.21. The molecule has 29 heavy (non-hydrogen) atoms. The first-order chi connectivity index (χ1) is 14.0. The number of nitrogens with zero attached hydrogens (tertiary/aromatic N) is 1. The highest BCUT2D eigenvalue weighted by atomic mass is 32.2. The van der Waals surface area contributed by atoms with Crippen LogP contribution in [-0.2, 0) is 16.4 Å². The molecule has 146 valence electrons. The van der Waals surface area contributed by atoms with Crippen molar-refractivity contribution < 1.29 is 12.8 Å². The number of hydrogen-bond donors (Lipinski definition) is 1. The fraction of sp³-hybridized carbons (Fsp3) is 0.0870. The van der Waals surface area contributed by atoms with Crippen LogP contribution in [0.2, 0.25) is 0 Å². The van der Waals surface area contributed by atoms with Gasteiger partial charge in [-0.15, -0.1) is 0 Å². The standard InChI is InChI=1S/C23H20N2O3S/c1-2-16-8-6-7-11-20(16)23-25-21(17-9-4-3-5-10-17)22(28-23)18-12-14-19(15-13-18)29(24,26)27/h3-15H,2H2,1H3,(H2,24,26,27). The van der Waals surface area contributed by atoms with E-state index >= 15 is 0 Å². The number of hydrogen-bond acceptors (Lipinski definition) is 4. The Labute approximate surface area is 169 Å². The first-order valence-electron chi connectivity index (χ1n) is 9.25. The quantitative estimate of drug-likeness (QED) is 0.513. The molecule has 0 amide bonds. The van der Waals surface area contributed by atoms with E-state index in [1.54, 1.807) is 12.1 Å². The summed E-state index contributed by atoms with van der Waals surface area (Å²) in [7, 11) is -3.76. The summed E-state index contributed by atoms with van der Waals surface area (Å²) in [5.41, 5.74) is 4.44. The van der Waals surface area contributed by atoms with E-state index in [9.17, 15) is 8.42 Å². The van der Waals surface area contributed by atoms with E-state index in [0.717, 1.165) is 28.7 Å². The summed E-state index contributed by atoms with van der Waals surface area (Å²) >= 11 is 0. The number of oxazole rings is 1. The van der Waals surface area contributed by atoms with Crippen LogP contribution in [0.3, 0.4) is 0 Å². The third kappa shape index (κ3) is 3.85. The third-order valence-electron chi connectivity index (χ3n) is 4.75. The number of aryl methyl sites for hydroxylation is 1. The fourth-order valence-corrected chi connectivity index (χ4v) is 3.77. The molecule has 6 heteroatoms. The predicted molar refractivity (Wildman–Crippen MR) is 114 cm³/mol. The molecule has 1 aromatic heterocycles. The van der Waals surface area contributed by atoms with Gasteiger partial charge in [0, 0.05) is 16.7 Å². The average Bonchev–Trinajstić information content (AvgIpc) is 3.19. The molecular weight excluding hydrogens is 384 g/mol. The van der Waals surface area contributed by atoms with Gasteiger partial charge in [0.1, 0.15) is 5.69 Å². The van der Waals surface area contributed by atoms with E-state index in [1.807, 2.05) is 48.5 Å². The first kappa shape index (κ1) is 19.1. The smallest absolute Gasteiger partial charge is 0.238 e. The van der Waals surface area contributed by atoms with Crippen molar-refractivity contribution in [1.29, 1.82) is 0 Å². The molecule has 3 aromatic carbocycles. The second-order valence-corrected chi connectivity index (χ2v) is 8.20. The maximum absolute atomic E-state index is 11.6. The van der Waals surface area contributed by atoms with Gasteiger partial charge >= 0.3 is 0 Å². The molecule has 0 aliphatic heterocycles. The maximum Gasteiger partial charge on any atom is 0.238 e. The van der Waals surface area contributed by atoms with Crippen molar-refractivity contribution in [2.24, 2.45) is 5.14 Å². The second-order valence-electron chi connectivity index (χ2n) is 6.64. The molecule has 0 unspecified atom stereocenters. The van der Waals surface area contributed by atoms with Gasteiger partial charge in [-0.3, -0.25) is 0 Å². The van der Waals surface area contributed by atoms with Gasteiger partial charge in [-0.25, -0.2) is 18.5 Å². The van der Waals surface area contributed by atoms with E-state index in [1.165, 1.54) is 12.1 Å². The molecular formula is C23H20N2O3S. The van der Waals surface area contributed by atoms with E-state index in [2.05, 4.69) is 13.0 Å². The highest BCUT2D eigenvalue weighted by Crippen LogP contribution is 2.37. The Morgan fingerprint density at radius 1 is 0.862 bits per heavy atom. The van der Waals surface area contributed by atoms with Crippen LogP contribution in [0.4, 0.5) is 0 Å². The number of nitrogens with two attached hydrogens (primary N) is 1. The van der Waals surface area contributed by atoms with Gasteiger partial charge in [0.25, 0.3) is 0 Å². The average molecular weight is 404 g/mol. The number of rotatable bonds is 5. The van der Waals surface area contributed by atoms with Crippen LogP contribution in [0, 0.1) is 0 Å². The molecule has 5 nitrogen and oxygen atoms in total. The number of benzene rings is 3. The van der Waals surface area contributed by atoms with Crippen molar-refractivity contribution in [2.75, 3.05) is 0 Å². The zero-order valence-electron chi connectivity index (χ0n) is 15.9. The molecule has 1 heterocycles. The van der Waals surface area contributed by atoms with Crippen LogP contribution >= 0.6 is 0 Å². The van der Waals surface area contributed by atoms with E-state index < -0.39 is 10.0 Å². The molecule has 0 spiro atoms. The predicted octanol–water partition coefficient (Wildman–Crippen LogP) is 4.89. The van der Waals surface area contributed by atoms with Crippen molar-refractivity contribution in [1.82, 2.24) is 4.98 Å². The number of primary sulfonamides is 1. The molecule has 4 aromatic rings. The van der Waals surface area contributed by atoms with Crippen molar-refractivity contribution in [3.63, 3.8) is 0 Å². The van der Waals surface area contributed by atoms with Crippen molar-refractivity contribution in [3.05, 3.63) is 84.4 Å². The third-order valence-corrected chi connectivity index (χ3v) is 5.68. The summed E-state index contributed by atoms with van der Waals surface area (Å²) < 4.78 is 29.4. The zero-order valence-corrected chi connectivity index (χ0v) is 16.7. The lowest BCUT2D eigenvalue weighted by Gasteiger charge is -2.03. The molecule has 0 radical (unpaired) electrons. The minimum atomic E-state index is -3.76. The lowest BCUT2D eigenvalue weighted by molar-refractivity contribution is 0.587. The molecule has 0 saturated heterocycles. The zero-order chi connectivity index (χ0) is 20.4. The normalized spacial score (nSPS) is 11.5. The molecule has 0 saturated carbocycles. The van der Waals surface area contributed by atoms with Gasteiger partial charge in [-0.05, 0) is 42.3 Å². The van der Waals surface area contributed by atoms with Crippen molar-refractivity contribution >= 4 is 10.0 Å². The van der Waals surface area contributed by atoms with Crippen LogP contribution in [0.15, 0.2) is 88.2 Å². The molecule has 0 aliphatic carbocycles. The highest BCUT2D eigenvalue weighted by Gasteiger charge is 2.20. The number of sulfonamides is 1. The minimum absolute atomic E-state index is 0.0542. The Morgan fingerprint density at radius 2 is 1.52 bits per heavy atom. The Kier molecular flexibility index (Phi) is 5.05. The van der Waals surface area contributed by atoms with E-state index in [-0.39, 0.29) is 4.90 Å². The lowest BCUT2D eigenvalue weighted by Crippen LogP contribution is -2.11.